The molecule has 5 N–H and O–H groups in total. The quantitative estimate of drug-likeness (QED) is 0.225. The third kappa shape index (κ3) is 11.4. The molecule has 0 saturated carbocycles. The molecule has 3 heterocycles. The van der Waals surface area contributed by atoms with E-state index in [0.717, 1.165) is 6.42 Å². The van der Waals surface area contributed by atoms with Crippen LogP contribution in [0.3, 0.4) is 0 Å². The summed E-state index contributed by atoms with van der Waals surface area (Å²) in [7, 11) is 0. The van der Waals surface area contributed by atoms with E-state index in [1.807, 2.05) is 39.0 Å². The summed E-state index contributed by atoms with van der Waals surface area (Å²) in [6, 6.07) is 0. The number of hydrogen-bond acceptors (Lipinski definition) is 12. The molecule has 2 unspecified atom stereocenters. The number of carbonyl (C=O) groups excluding carboxylic acids is 4. The molecule has 0 amide bonds. The molecule has 2 bridgehead atoms. The summed E-state index contributed by atoms with van der Waals surface area (Å²) in [4.78, 5) is 54.8. The number of ketones is 3. The number of Topliss-reactive ketones (excluding diaryl/α,β-unsaturated/α-hetero) is 3. The van der Waals surface area contributed by atoms with Crippen LogP contribution in [0.15, 0.2) is 36.5 Å². The number of ether oxygens (including phenoxy) is 3. The average molecular weight is 819 g/mol. The Morgan fingerprint density at radius 1 is 0.828 bits per heavy atom. The smallest absolute Gasteiger partial charge is 0.330 e. The van der Waals surface area contributed by atoms with E-state index in [0.29, 0.717) is 32.1 Å². The molecule has 1 spiro atoms. The highest BCUT2D eigenvalue weighted by Crippen LogP contribution is 2.48. The van der Waals surface area contributed by atoms with Gasteiger partial charge in [0, 0.05) is 42.1 Å². The fraction of sp³-hybridized carbons (Fsp3) is 0.783. The molecule has 3 aliphatic heterocycles. The largest absolute Gasteiger partial charge is 0.458 e. The lowest BCUT2D eigenvalue weighted by atomic mass is 9.72. The Kier molecular flexibility index (Phi) is 18.3. The number of aliphatic hydroxyl groups is 5. The van der Waals surface area contributed by atoms with E-state index in [1.54, 1.807) is 20.8 Å². The van der Waals surface area contributed by atoms with Crippen LogP contribution in [-0.4, -0.2) is 103 Å². The predicted octanol–water partition coefficient (Wildman–Crippen LogP) is 5.45. The Bertz CT molecular complexity index is 1480. The van der Waals surface area contributed by atoms with Crippen molar-refractivity contribution < 1.29 is 58.9 Å². The minimum Gasteiger partial charge on any atom is -0.458 e. The molecular weight excluding hydrogens is 744 g/mol. The van der Waals surface area contributed by atoms with Crippen molar-refractivity contribution in [3.8, 4) is 0 Å². The van der Waals surface area contributed by atoms with Crippen LogP contribution in [-0.2, 0) is 33.4 Å². The van der Waals surface area contributed by atoms with E-state index >= 15 is 0 Å². The second-order valence-electron chi connectivity index (χ2n) is 18.1. The molecule has 330 valence electrons. The van der Waals surface area contributed by atoms with Gasteiger partial charge in [-0.1, -0.05) is 92.7 Å². The molecule has 18 atom stereocenters. The van der Waals surface area contributed by atoms with E-state index in [1.165, 1.54) is 39.8 Å². The van der Waals surface area contributed by atoms with Gasteiger partial charge in [0.25, 0.3) is 0 Å². The molecule has 0 aromatic carbocycles. The standard InChI is InChI=1S/C46H74O12/c1-12-33-18-16-14-15-17-26(4)43(53)45(11,55)44(54)32(10)41(52)31(9)40(51)30(8)39(50)25(3)19-22-38(49)56-42-29(7)35(21-20-33)57-46(34(42)13-2)37(48)23-27(5)36(58-46)24-28(6)47/h14-16,18-19,22,25-36,39,41-43,47,50,52-53,55H,12-13,17,20-21,23-24H2,1-11H3/b15-14+,18-16+,22-19+/t25-,26+,27-,28+,29+,30-,31-,32-,33-,34-,35-,36-,39+,41?,42+,43?,45+,46+/m1/s1. The zero-order chi connectivity index (χ0) is 43.9. The molecule has 12 heteroatoms. The molecule has 0 radical (unpaired) electrons. The van der Waals surface area contributed by atoms with Crippen molar-refractivity contribution in [1.29, 1.82) is 0 Å². The maximum absolute atomic E-state index is 14.1. The van der Waals surface area contributed by atoms with Gasteiger partial charge in [-0.3, -0.25) is 14.4 Å². The second kappa shape index (κ2) is 21.3. The summed E-state index contributed by atoms with van der Waals surface area (Å²) in [6.45, 7) is 18.5. The van der Waals surface area contributed by atoms with Crippen molar-refractivity contribution in [3.63, 3.8) is 0 Å². The van der Waals surface area contributed by atoms with Crippen LogP contribution in [0.1, 0.15) is 121 Å². The zero-order valence-electron chi connectivity index (χ0n) is 36.7. The summed E-state index contributed by atoms with van der Waals surface area (Å²) >= 11 is 0. The number of rotatable bonds is 4. The summed E-state index contributed by atoms with van der Waals surface area (Å²) < 4.78 is 19.7. The number of hydrogen-bond donors (Lipinski definition) is 5. The van der Waals surface area contributed by atoms with Crippen LogP contribution < -0.4 is 0 Å². The summed E-state index contributed by atoms with van der Waals surface area (Å²) in [6.07, 6.45) is 7.01. The van der Waals surface area contributed by atoms with Gasteiger partial charge in [0.15, 0.2) is 11.6 Å². The average Bonchev–Trinajstić information content (AvgIpc) is 3.18. The minimum atomic E-state index is -2.21. The number of allylic oxidation sites excluding steroid dienone is 4. The van der Waals surface area contributed by atoms with E-state index < -0.39 is 107 Å². The maximum Gasteiger partial charge on any atom is 0.330 e. The third-order valence-corrected chi connectivity index (χ3v) is 13.5. The highest BCUT2D eigenvalue weighted by Gasteiger charge is 2.61. The van der Waals surface area contributed by atoms with Crippen LogP contribution in [0.4, 0.5) is 0 Å². The minimum absolute atomic E-state index is 0.132. The van der Waals surface area contributed by atoms with Gasteiger partial charge in [0.05, 0.1) is 42.5 Å². The van der Waals surface area contributed by atoms with Crippen molar-refractivity contribution in [3.05, 3.63) is 36.5 Å². The Hall–Kier alpha value is -2.58. The molecule has 0 aromatic rings. The van der Waals surface area contributed by atoms with Crippen molar-refractivity contribution in [2.24, 2.45) is 53.3 Å². The van der Waals surface area contributed by atoms with Gasteiger partial charge in [-0.25, -0.2) is 4.79 Å². The Balaban J connectivity index is 2.05. The number of aliphatic hydroxyl groups excluding tert-OH is 4. The number of fused-ring (bicyclic) bond motifs is 2. The monoisotopic (exact) mass is 819 g/mol. The van der Waals surface area contributed by atoms with Crippen molar-refractivity contribution >= 4 is 23.3 Å². The normalized spacial score (nSPS) is 45.6. The van der Waals surface area contributed by atoms with Crippen LogP contribution in [0.5, 0.6) is 0 Å². The van der Waals surface area contributed by atoms with Gasteiger partial charge >= 0.3 is 5.97 Å². The van der Waals surface area contributed by atoms with Crippen molar-refractivity contribution in [1.82, 2.24) is 0 Å². The second-order valence-corrected chi connectivity index (χ2v) is 18.1. The Morgan fingerprint density at radius 3 is 2.07 bits per heavy atom. The molecule has 2 fully saturated rings. The highest BCUT2D eigenvalue weighted by molar-refractivity contribution is 5.91. The highest BCUT2D eigenvalue weighted by atomic mass is 16.7. The van der Waals surface area contributed by atoms with Gasteiger partial charge in [-0.05, 0) is 70.1 Å². The Morgan fingerprint density at radius 2 is 1.47 bits per heavy atom. The SMILES string of the molecule is CC[C@@H]1/C=C/C=C/C[C@H](C)C(O)[C@](C)(O)C(=O)[C@H](C)C(O)[C@H](C)C(=O)[C@H](C)[C@@H](O)[C@H](C)/C=C/C(=O)O[C@H]2[C@@H](C)[C@@H](CC1)O[C@]1(O[C@H](C[C@H](C)O)[C@H](C)CC1=O)[C@@H]2CC. The first-order valence-electron chi connectivity index (χ1n) is 21.7. The molecule has 3 rings (SSSR count). The van der Waals surface area contributed by atoms with Crippen LogP contribution in [0.25, 0.3) is 0 Å². The molecule has 2 saturated heterocycles. The fourth-order valence-corrected chi connectivity index (χ4v) is 9.21. The van der Waals surface area contributed by atoms with E-state index in [9.17, 15) is 44.7 Å². The van der Waals surface area contributed by atoms with E-state index in [2.05, 4.69) is 13.0 Å². The fourth-order valence-electron chi connectivity index (χ4n) is 9.21. The Labute approximate surface area is 346 Å². The summed E-state index contributed by atoms with van der Waals surface area (Å²) in [5, 5.41) is 55.1. The van der Waals surface area contributed by atoms with Crippen LogP contribution >= 0.6 is 0 Å². The molecule has 12 nitrogen and oxygen atoms in total. The first-order chi connectivity index (χ1) is 27.0. The maximum atomic E-state index is 14.1. The lowest BCUT2D eigenvalue weighted by molar-refractivity contribution is -0.347. The molecular formula is C46H74O12. The van der Waals surface area contributed by atoms with Gasteiger partial charge < -0.3 is 39.7 Å². The van der Waals surface area contributed by atoms with Crippen molar-refractivity contribution in [2.75, 3.05) is 0 Å². The van der Waals surface area contributed by atoms with Crippen LogP contribution in [0, 0.1) is 53.3 Å². The van der Waals surface area contributed by atoms with Crippen molar-refractivity contribution in [2.45, 2.75) is 175 Å². The first-order valence-corrected chi connectivity index (χ1v) is 21.7. The molecule has 0 aliphatic carbocycles. The molecule has 58 heavy (non-hydrogen) atoms. The van der Waals surface area contributed by atoms with Gasteiger partial charge in [0.2, 0.25) is 5.79 Å². The topological polar surface area (TPSA) is 197 Å². The number of carbonyl (C=O) groups is 4. The lowest BCUT2D eigenvalue weighted by Gasteiger charge is -2.54. The van der Waals surface area contributed by atoms with E-state index in [-0.39, 0.29) is 30.0 Å². The lowest BCUT2D eigenvalue weighted by Crippen LogP contribution is -2.67. The summed E-state index contributed by atoms with van der Waals surface area (Å²) in [5.41, 5.74) is -2.21. The summed E-state index contributed by atoms with van der Waals surface area (Å²) in [5.74, 6) is -9.45. The van der Waals surface area contributed by atoms with Crippen LogP contribution in [0.2, 0.25) is 0 Å². The van der Waals surface area contributed by atoms with E-state index in [4.69, 9.17) is 14.2 Å². The predicted molar refractivity (Wildman–Crippen MR) is 220 cm³/mol. The van der Waals surface area contributed by atoms with Gasteiger partial charge in [-0.15, -0.1) is 0 Å². The first kappa shape index (κ1) is 49.8. The number of esters is 1. The van der Waals surface area contributed by atoms with Gasteiger partial charge in [0.1, 0.15) is 17.5 Å². The molecule has 0 aromatic heterocycles. The van der Waals surface area contributed by atoms with Gasteiger partial charge in [-0.2, -0.15) is 0 Å². The third-order valence-electron chi connectivity index (χ3n) is 13.5. The molecule has 3 aliphatic rings. The zero-order valence-corrected chi connectivity index (χ0v) is 36.7.